The molecular weight excluding hydrogens is 256 g/mol. The second-order valence-corrected chi connectivity index (χ2v) is 6.34. The lowest BCUT2D eigenvalue weighted by Crippen LogP contribution is -2.43. The molecule has 1 saturated heterocycles. The number of nitrogens with two attached hydrogens (primary N) is 1. The molecule has 1 aliphatic heterocycles. The minimum absolute atomic E-state index is 0.0160. The van der Waals surface area contributed by atoms with Crippen molar-refractivity contribution in [2.75, 3.05) is 12.3 Å². The zero-order valence-corrected chi connectivity index (χ0v) is 12.9. The lowest BCUT2D eigenvalue weighted by molar-refractivity contribution is 0.407. The van der Waals surface area contributed by atoms with Crippen LogP contribution in [0.1, 0.15) is 36.5 Å². The van der Waals surface area contributed by atoms with Gasteiger partial charge >= 0.3 is 0 Å². The van der Waals surface area contributed by atoms with E-state index in [1.807, 2.05) is 12.1 Å². The highest BCUT2D eigenvalue weighted by atomic mass is 15.0. The fraction of sp³-hybridized carbons (Fsp3) is 0.368. The average Bonchev–Trinajstić information content (AvgIpc) is 3.02. The van der Waals surface area contributed by atoms with Crippen molar-refractivity contribution in [3.63, 3.8) is 0 Å². The summed E-state index contributed by atoms with van der Waals surface area (Å²) >= 11 is 0. The molecule has 2 aromatic rings. The van der Waals surface area contributed by atoms with E-state index >= 15 is 0 Å². The van der Waals surface area contributed by atoms with Gasteiger partial charge in [0.25, 0.3) is 0 Å². The average molecular weight is 280 g/mol. The number of nitrogen functional groups attached to an aromatic ring is 1. The summed E-state index contributed by atoms with van der Waals surface area (Å²) in [4.78, 5) is 0. The highest BCUT2D eigenvalue weighted by Crippen LogP contribution is 2.39. The van der Waals surface area contributed by atoms with E-state index in [1.54, 1.807) is 0 Å². The van der Waals surface area contributed by atoms with Crippen LogP contribution >= 0.6 is 0 Å². The van der Waals surface area contributed by atoms with Gasteiger partial charge in [0, 0.05) is 17.1 Å². The Bertz CT molecular complexity index is 547. The summed E-state index contributed by atoms with van der Waals surface area (Å²) in [5, 5.41) is 3.69. The second-order valence-electron chi connectivity index (χ2n) is 6.34. The van der Waals surface area contributed by atoms with Crippen molar-refractivity contribution in [1.29, 1.82) is 0 Å². The van der Waals surface area contributed by atoms with E-state index in [4.69, 9.17) is 5.73 Å². The molecule has 2 atom stereocenters. The number of hydrogen-bond acceptors (Lipinski definition) is 2. The molecule has 0 aliphatic carbocycles. The molecule has 0 saturated carbocycles. The Hall–Kier alpha value is -1.80. The molecule has 1 fully saturated rings. The third-order valence-corrected chi connectivity index (χ3v) is 4.92. The van der Waals surface area contributed by atoms with Gasteiger partial charge in [-0.1, -0.05) is 42.0 Å². The zero-order chi connectivity index (χ0) is 14.9. The van der Waals surface area contributed by atoms with Crippen LogP contribution in [0.15, 0.2) is 48.5 Å². The normalized spacial score (nSPS) is 21.1. The van der Waals surface area contributed by atoms with E-state index in [9.17, 15) is 0 Å². The zero-order valence-electron chi connectivity index (χ0n) is 12.9. The first-order valence-corrected chi connectivity index (χ1v) is 7.77. The van der Waals surface area contributed by atoms with Crippen LogP contribution < -0.4 is 11.1 Å². The molecule has 1 heterocycles. The molecule has 0 spiro atoms. The van der Waals surface area contributed by atoms with Gasteiger partial charge in [0.1, 0.15) is 0 Å². The van der Waals surface area contributed by atoms with Gasteiger partial charge in [0.15, 0.2) is 0 Å². The highest BCUT2D eigenvalue weighted by Gasteiger charge is 2.38. The van der Waals surface area contributed by atoms with Crippen LogP contribution in [0.4, 0.5) is 5.69 Å². The quantitative estimate of drug-likeness (QED) is 0.843. The van der Waals surface area contributed by atoms with Crippen LogP contribution in [0.3, 0.4) is 0 Å². The lowest BCUT2D eigenvalue weighted by atomic mass is 9.70. The van der Waals surface area contributed by atoms with Gasteiger partial charge in [-0.3, -0.25) is 0 Å². The molecule has 0 radical (unpaired) electrons. The first-order valence-electron chi connectivity index (χ1n) is 7.77. The number of rotatable bonds is 3. The SMILES string of the molecule is Cc1ccc([C@@](C)(c2ccc(N)cc2)C2CCCN2)cc1. The van der Waals surface area contributed by atoms with Gasteiger partial charge in [0.05, 0.1) is 0 Å². The molecule has 0 aromatic heterocycles. The van der Waals surface area contributed by atoms with E-state index in [-0.39, 0.29) is 5.41 Å². The summed E-state index contributed by atoms with van der Waals surface area (Å²) in [6.07, 6.45) is 2.47. The molecule has 2 aromatic carbocycles. The van der Waals surface area contributed by atoms with E-state index in [0.717, 1.165) is 12.2 Å². The number of hydrogen-bond donors (Lipinski definition) is 2. The van der Waals surface area contributed by atoms with E-state index in [2.05, 4.69) is 55.6 Å². The third kappa shape index (κ3) is 2.56. The van der Waals surface area contributed by atoms with Crippen LogP contribution in [0.5, 0.6) is 0 Å². The summed E-state index contributed by atoms with van der Waals surface area (Å²) in [7, 11) is 0. The van der Waals surface area contributed by atoms with Crippen molar-refractivity contribution in [1.82, 2.24) is 5.32 Å². The van der Waals surface area contributed by atoms with Crippen molar-refractivity contribution in [3.05, 3.63) is 65.2 Å². The predicted molar refractivity (Wildman–Crippen MR) is 89.5 cm³/mol. The Morgan fingerprint density at radius 1 is 1.00 bits per heavy atom. The molecule has 2 heteroatoms. The fourth-order valence-corrected chi connectivity index (χ4v) is 3.48. The summed E-state index contributed by atoms with van der Waals surface area (Å²) in [5.41, 5.74) is 10.7. The predicted octanol–water partition coefficient (Wildman–Crippen LogP) is 3.64. The van der Waals surface area contributed by atoms with Crippen LogP contribution in [-0.2, 0) is 5.41 Å². The maximum absolute atomic E-state index is 5.87. The number of aryl methyl sites for hydroxylation is 1. The van der Waals surface area contributed by atoms with Gasteiger partial charge in [-0.05, 0) is 56.5 Å². The maximum atomic E-state index is 5.87. The maximum Gasteiger partial charge on any atom is 0.0327 e. The Kier molecular flexibility index (Phi) is 3.73. The third-order valence-electron chi connectivity index (χ3n) is 4.92. The van der Waals surface area contributed by atoms with Crippen molar-refractivity contribution >= 4 is 5.69 Å². The van der Waals surface area contributed by atoms with Crippen molar-refractivity contribution in [3.8, 4) is 0 Å². The molecule has 3 rings (SSSR count). The fourth-order valence-electron chi connectivity index (χ4n) is 3.48. The largest absolute Gasteiger partial charge is 0.399 e. The molecule has 2 nitrogen and oxygen atoms in total. The first-order chi connectivity index (χ1) is 10.1. The summed E-state index contributed by atoms with van der Waals surface area (Å²) in [6, 6.07) is 17.8. The highest BCUT2D eigenvalue weighted by molar-refractivity contribution is 5.47. The molecular formula is C19H24N2. The summed E-state index contributed by atoms with van der Waals surface area (Å²) < 4.78 is 0. The van der Waals surface area contributed by atoms with Crippen LogP contribution in [0.2, 0.25) is 0 Å². The topological polar surface area (TPSA) is 38.0 Å². The molecule has 3 N–H and O–H groups in total. The standard InChI is InChI=1S/C19H24N2/c1-14-5-7-15(8-6-14)19(2,18-4-3-13-21-18)16-9-11-17(20)12-10-16/h5-12,18,21H,3-4,13,20H2,1-2H3/t18?,19-/m0/s1. The Balaban J connectivity index is 2.09. The second kappa shape index (κ2) is 5.53. The van der Waals surface area contributed by atoms with Gasteiger partial charge in [-0.2, -0.15) is 0 Å². The lowest BCUT2D eigenvalue weighted by Gasteiger charge is -2.37. The first kappa shape index (κ1) is 14.2. The monoisotopic (exact) mass is 280 g/mol. The summed E-state index contributed by atoms with van der Waals surface area (Å²) in [5.74, 6) is 0. The Morgan fingerprint density at radius 3 is 2.10 bits per heavy atom. The Morgan fingerprint density at radius 2 is 1.57 bits per heavy atom. The van der Waals surface area contributed by atoms with Gasteiger partial charge in [-0.15, -0.1) is 0 Å². The van der Waals surface area contributed by atoms with Crippen LogP contribution in [0.25, 0.3) is 0 Å². The molecule has 1 aliphatic rings. The molecule has 1 unspecified atom stereocenters. The Labute approximate surface area is 127 Å². The van der Waals surface area contributed by atoms with Crippen molar-refractivity contribution < 1.29 is 0 Å². The number of nitrogens with one attached hydrogen (secondary N) is 1. The van der Waals surface area contributed by atoms with Gasteiger partial charge < -0.3 is 11.1 Å². The van der Waals surface area contributed by atoms with Crippen LogP contribution in [-0.4, -0.2) is 12.6 Å². The van der Waals surface area contributed by atoms with Crippen LogP contribution in [0, 0.1) is 6.92 Å². The number of anilines is 1. The van der Waals surface area contributed by atoms with Gasteiger partial charge in [-0.25, -0.2) is 0 Å². The molecule has 110 valence electrons. The minimum Gasteiger partial charge on any atom is -0.399 e. The van der Waals surface area contributed by atoms with Crippen molar-refractivity contribution in [2.45, 2.75) is 38.1 Å². The summed E-state index contributed by atoms with van der Waals surface area (Å²) in [6.45, 7) is 5.60. The smallest absolute Gasteiger partial charge is 0.0327 e. The molecule has 0 amide bonds. The molecule has 0 bridgehead atoms. The van der Waals surface area contributed by atoms with E-state index in [1.165, 1.54) is 29.5 Å². The number of benzene rings is 2. The minimum atomic E-state index is -0.0160. The van der Waals surface area contributed by atoms with Crippen molar-refractivity contribution in [2.24, 2.45) is 0 Å². The molecule has 21 heavy (non-hydrogen) atoms. The van der Waals surface area contributed by atoms with Gasteiger partial charge in [0.2, 0.25) is 0 Å². The van der Waals surface area contributed by atoms with E-state index in [0.29, 0.717) is 6.04 Å². The van der Waals surface area contributed by atoms with E-state index < -0.39 is 0 Å².